The van der Waals surface area contributed by atoms with Crippen molar-refractivity contribution in [2.24, 2.45) is 0 Å². The van der Waals surface area contributed by atoms with Gasteiger partial charge in [0.15, 0.2) is 0 Å². The number of pyridine rings is 1. The van der Waals surface area contributed by atoms with Gasteiger partial charge in [0.25, 0.3) is 0 Å². The molecule has 4 rings (SSSR count). The van der Waals surface area contributed by atoms with Gasteiger partial charge in [0.2, 0.25) is 0 Å². The molecule has 33 heavy (non-hydrogen) atoms. The third-order valence-corrected chi connectivity index (χ3v) is 5.78. The highest BCUT2D eigenvalue weighted by atomic mass is 19.1. The zero-order valence-electron chi connectivity index (χ0n) is 19.2. The van der Waals surface area contributed by atoms with E-state index in [1.54, 1.807) is 0 Å². The lowest BCUT2D eigenvalue weighted by atomic mass is 10.1. The first-order chi connectivity index (χ1) is 16.2. The summed E-state index contributed by atoms with van der Waals surface area (Å²) >= 11 is 0. The number of nitrogens with zero attached hydrogens (tertiary/aromatic N) is 3. The number of hydrogen-bond donors (Lipinski definition) is 0. The number of fused-ring (bicyclic) bond motifs is 1. The van der Waals surface area contributed by atoms with Crippen LogP contribution in [0.1, 0.15) is 0 Å². The standard InChI is InChI=1S/C26H32FN3O3/c1-29-11-13-30(14-12-29)23-5-2-21(3-6-23)25-8-4-22-20-24(7-9-26(22)28-25)33-19-18-32-17-16-31-15-10-27/h2-9,20H,10-19H2,1H3. The van der Waals surface area contributed by atoms with Gasteiger partial charge in [-0.3, -0.25) is 0 Å². The van der Waals surface area contributed by atoms with Gasteiger partial charge in [-0.1, -0.05) is 18.2 Å². The van der Waals surface area contributed by atoms with E-state index in [2.05, 4.69) is 53.2 Å². The van der Waals surface area contributed by atoms with Crippen molar-refractivity contribution in [3.8, 4) is 17.0 Å². The maximum atomic E-state index is 11.9. The number of ether oxygens (including phenoxy) is 3. The van der Waals surface area contributed by atoms with Crippen molar-refractivity contribution in [3.05, 3.63) is 54.6 Å². The third-order valence-electron chi connectivity index (χ3n) is 5.78. The SMILES string of the molecule is CN1CCN(c2ccc(-c3ccc4cc(OCCOCCOCCF)ccc4n3)cc2)CC1. The summed E-state index contributed by atoms with van der Waals surface area (Å²) in [6.07, 6.45) is 0. The molecule has 1 saturated heterocycles. The van der Waals surface area contributed by atoms with Gasteiger partial charge in [-0.2, -0.15) is 0 Å². The molecular formula is C26H32FN3O3. The molecule has 0 amide bonds. The van der Waals surface area contributed by atoms with Crippen LogP contribution in [0.3, 0.4) is 0 Å². The van der Waals surface area contributed by atoms with Gasteiger partial charge in [0.05, 0.1) is 37.6 Å². The molecule has 2 heterocycles. The Labute approximate surface area is 194 Å². The molecule has 3 aromatic rings. The molecule has 0 unspecified atom stereocenters. The molecule has 0 spiro atoms. The quantitative estimate of drug-likeness (QED) is 0.409. The molecule has 7 heteroatoms. The number of likely N-dealkylation sites (N-methyl/N-ethyl adjacent to an activating group) is 1. The predicted octanol–water partition coefficient (Wildman–Crippen LogP) is 4.04. The van der Waals surface area contributed by atoms with Crippen LogP contribution in [0, 0.1) is 0 Å². The normalized spacial score (nSPS) is 14.7. The van der Waals surface area contributed by atoms with E-state index in [1.165, 1.54) is 5.69 Å². The highest BCUT2D eigenvalue weighted by molar-refractivity contribution is 5.83. The Bertz CT molecular complexity index is 1010. The van der Waals surface area contributed by atoms with E-state index >= 15 is 0 Å². The maximum Gasteiger partial charge on any atom is 0.120 e. The highest BCUT2D eigenvalue weighted by Gasteiger charge is 2.14. The Morgan fingerprint density at radius 3 is 2.30 bits per heavy atom. The fraction of sp³-hybridized carbons (Fsp3) is 0.423. The van der Waals surface area contributed by atoms with Crippen LogP contribution in [0.4, 0.5) is 10.1 Å². The summed E-state index contributed by atoms with van der Waals surface area (Å²) < 4.78 is 28.1. The molecule has 1 aliphatic heterocycles. The topological polar surface area (TPSA) is 47.1 Å². The number of benzene rings is 2. The second kappa shape index (κ2) is 11.9. The van der Waals surface area contributed by atoms with Crippen molar-refractivity contribution in [1.29, 1.82) is 0 Å². The van der Waals surface area contributed by atoms with E-state index in [9.17, 15) is 4.39 Å². The number of hydrogen-bond acceptors (Lipinski definition) is 6. The molecule has 0 saturated carbocycles. The van der Waals surface area contributed by atoms with Crippen LogP contribution in [0.25, 0.3) is 22.2 Å². The molecule has 1 fully saturated rings. The van der Waals surface area contributed by atoms with E-state index in [0.29, 0.717) is 26.4 Å². The number of piperazine rings is 1. The van der Waals surface area contributed by atoms with Crippen LogP contribution in [0.2, 0.25) is 0 Å². The zero-order valence-corrected chi connectivity index (χ0v) is 19.2. The molecule has 0 N–H and O–H groups in total. The van der Waals surface area contributed by atoms with Crippen molar-refractivity contribution in [2.75, 3.05) is 77.8 Å². The van der Waals surface area contributed by atoms with Crippen LogP contribution in [-0.2, 0) is 9.47 Å². The predicted molar refractivity (Wildman–Crippen MR) is 130 cm³/mol. The summed E-state index contributed by atoms with van der Waals surface area (Å²) in [6.45, 7) is 5.71. The average Bonchev–Trinajstić information content (AvgIpc) is 2.86. The van der Waals surface area contributed by atoms with Crippen LogP contribution >= 0.6 is 0 Å². The summed E-state index contributed by atoms with van der Waals surface area (Å²) in [5.74, 6) is 0.783. The van der Waals surface area contributed by atoms with Crippen molar-refractivity contribution >= 4 is 16.6 Å². The van der Waals surface area contributed by atoms with Crippen LogP contribution in [0.15, 0.2) is 54.6 Å². The highest BCUT2D eigenvalue weighted by Crippen LogP contribution is 2.26. The first-order valence-electron chi connectivity index (χ1n) is 11.5. The smallest absolute Gasteiger partial charge is 0.120 e. The lowest BCUT2D eigenvalue weighted by Gasteiger charge is -2.34. The molecule has 0 radical (unpaired) electrons. The lowest BCUT2D eigenvalue weighted by molar-refractivity contribution is 0.0325. The number of aromatic nitrogens is 1. The fourth-order valence-corrected chi connectivity index (χ4v) is 3.86. The molecule has 0 bridgehead atoms. The number of halogens is 1. The molecule has 0 atom stereocenters. The minimum absolute atomic E-state index is 0.120. The second-order valence-corrected chi connectivity index (χ2v) is 8.15. The van der Waals surface area contributed by atoms with E-state index in [-0.39, 0.29) is 6.61 Å². The first kappa shape index (κ1) is 23.4. The number of anilines is 1. The van der Waals surface area contributed by atoms with Crippen molar-refractivity contribution in [2.45, 2.75) is 0 Å². The molecule has 6 nitrogen and oxygen atoms in total. The molecule has 1 aromatic heterocycles. The van der Waals surface area contributed by atoms with E-state index < -0.39 is 6.67 Å². The van der Waals surface area contributed by atoms with E-state index in [4.69, 9.17) is 19.2 Å². The Morgan fingerprint density at radius 2 is 1.55 bits per heavy atom. The van der Waals surface area contributed by atoms with Gasteiger partial charge in [-0.05, 0) is 43.4 Å². The Balaban J connectivity index is 1.31. The van der Waals surface area contributed by atoms with Crippen molar-refractivity contribution < 1.29 is 18.6 Å². The Kier molecular flexibility index (Phi) is 8.47. The maximum absolute atomic E-state index is 11.9. The van der Waals surface area contributed by atoms with Gasteiger partial charge in [-0.25, -0.2) is 9.37 Å². The number of alkyl halides is 1. The summed E-state index contributed by atoms with van der Waals surface area (Å²) in [5.41, 5.74) is 4.28. The molecular weight excluding hydrogens is 421 g/mol. The van der Waals surface area contributed by atoms with Crippen LogP contribution in [0.5, 0.6) is 5.75 Å². The summed E-state index contributed by atoms with van der Waals surface area (Å²) in [5, 5.41) is 1.03. The molecule has 0 aliphatic carbocycles. The Morgan fingerprint density at radius 1 is 0.818 bits per heavy atom. The minimum atomic E-state index is -0.468. The van der Waals surface area contributed by atoms with Crippen LogP contribution < -0.4 is 9.64 Å². The van der Waals surface area contributed by atoms with E-state index in [1.807, 2.05) is 18.2 Å². The third kappa shape index (κ3) is 6.63. The summed E-state index contributed by atoms with van der Waals surface area (Å²) in [4.78, 5) is 9.64. The first-order valence-corrected chi connectivity index (χ1v) is 11.5. The second-order valence-electron chi connectivity index (χ2n) is 8.15. The lowest BCUT2D eigenvalue weighted by Crippen LogP contribution is -2.44. The van der Waals surface area contributed by atoms with Gasteiger partial charge in [0, 0.05) is 42.8 Å². The van der Waals surface area contributed by atoms with E-state index in [0.717, 1.165) is 54.1 Å². The van der Waals surface area contributed by atoms with Gasteiger partial charge >= 0.3 is 0 Å². The van der Waals surface area contributed by atoms with Gasteiger partial charge in [-0.15, -0.1) is 0 Å². The van der Waals surface area contributed by atoms with Crippen molar-refractivity contribution in [3.63, 3.8) is 0 Å². The average molecular weight is 454 g/mol. The minimum Gasteiger partial charge on any atom is -0.491 e. The van der Waals surface area contributed by atoms with Gasteiger partial charge < -0.3 is 24.0 Å². The summed E-state index contributed by atoms with van der Waals surface area (Å²) in [6, 6.07) is 18.7. The number of rotatable bonds is 11. The Hall–Kier alpha value is -2.74. The van der Waals surface area contributed by atoms with Gasteiger partial charge in [0.1, 0.15) is 19.0 Å². The van der Waals surface area contributed by atoms with Crippen molar-refractivity contribution in [1.82, 2.24) is 9.88 Å². The monoisotopic (exact) mass is 453 g/mol. The molecule has 1 aliphatic rings. The zero-order chi connectivity index (χ0) is 22.9. The fourth-order valence-electron chi connectivity index (χ4n) is 3.86. The molecule has 176 valence electrons. The largest absolute Gasteiger partial charge is 0.491 e. The summed E-state index contributed by atoms with van der Waals surface area (Å²) in [7, 11) is 2.17. The molecule has 2 aromatic carbocycles. The van der Waals surface area contributed by atoms with Crippen LogP contribution in [-0.4, -0.2) is 82.8 Å².